The molecule has 0 fully saturated rings. The standard InChI is InChI=1S/C26H23FN4O3S/c1-5-19-22-24(32)31(18-9-7-17(27)8-10-18)26(33)29(3)25(22)35-23(19)16-6-11-20(21(12-16)34-4)30-13-15(2)28-14-30/h6-14H,5H2,1-4H3. The molecule has 0 spiro atoms. The maximum atomic E-state index is 13.6. The molecule has 5 aromatic rings. The molecule has 0 atom stereocenters. The van der Waals surface area contributed by atoms with Crippen molar-refractivity contribution in [3.05, 3.63) is 92.9 Å². The predicted molar refractivity (Wildman–Crippen MR) is 136 cm³/mol. The third kappa shape index (κ3) is 3.68. The van der Waals surface area contributed by atoms with Crippen molar-refractivity contribution in [1.29, 1.82) is 0 Å². The van der Waals surface area contributed by atoms with Gasteiger partial charge in [-0.2, -0.15) is 0 Å². The molecule has 0 saturated carbocycles. The lowest BCUT2D eigenvalue weighted by molar-refractivity contribution is 0.413. The normalized spacial score (nSPS) is 11.3. The first-order chi connectivity index (χ1) is 16.8. The van der Waals surface area contributed by atoms with Crippen LogP contribution < -0.4 is 16.0 Å². The Bertz CT molecular complexity index is 1690. The van der Waals surface area contributed by atoms with E-state index in [4.69, 9.17) is 4.74 Å². The number of hydrogen-bond acceptors (Lipinski definition) is 5. The molecular weight excluding hydrogens is 467 g/mol. The van der Waals surface area contributed by atoms with Crippen LogP contribution in [0.1, 0.15) is 18.2 Å². The first-order valence-electron chi connectivity index (χ1n) is 11.1. The fourth-order valence-corrected chi connectivity index (χ4v) is 5.65. The van der Waals surface area contributed by atoms with Crippen LogP contribution in [0.3, 0.4) is 0 Å². The minimum Gasteiger partial charge on any atom is -0.495 e. The van der Waals surface area contributed by atoms with Crippen molar-refractivity contribution in [3.8, 4) is 27.6 Å². The molecule has 35 heavy (non-hydrogen) atoms. The molecule has 0 aliphatic carbocycles. The molecular formula is C26H23FN4O3S. The molecule has 2 aromatic carbocycles. The number of aromatic nitrogens is 4. The Balaban J connectivity index is 1.75. The summed E-state index contributed by atoms with van der Waals surface area (Å²) in [5.41, 5.74) is 2.93. The van der Waals surface area contributed by atoms with E-state index < -0.39 is 17.1 Å². The minimum atomic E-state index is -0.479. The number of rotatable bonds is 5. The summed E-state index contributed by atoms with van der Waals surface area (Å²) in [4.78, 5) is 32.5. The Morgan fingerprint density at radius 2 is 1.86 bits per heavy atom. The lowest BCUT2D eigenvalue weighted by Crippen LogP contribution is -2.37. The molecule has 0 unspecified atom stereocenters. The molecule has 3 aromatic heterocycles. The second-order valence-corrected chi connectivity index (χ2v) is 9.21. The van der Waals surface area contributed by atoms with Gasteiger partial charge in [0.2, 0.25) is 0 Å². The third-order valence-corrected chi connectivity index (χ3v) is 7.42. The van der Waals surface area contributed by atoms with Gasteiger partial charge >= 0.3 is 5.69 Å². The van der Waals surface area contributed by atoms with Gasteiger partial charge in [-0.3, -0.25) is 9.36 Å². The fraction of sp³-hybridized carbons (Fsp3) is 0.192. The number of nitrogens with zero attached hydrogens (tertiary/aromatic N) is 4. The van der Waals surface area contributed by atoms with Gasteiger partial charge in [0.25, 0.3) is 5.56 Å². The second-order valence-electron chi connectivity index (χ2n) is 8.21. The average molecular weight is 491 g/mol. The van der Waals surface area contributed by atoms with E-state index in [1.54, 1.807) is 20.5 Å². The zero-order chi connectivity index (χ0) is 24.9. The highest BCUT2D eigenvalue weighted by Gasteiger charge is 2.22. The number of methoxy groups -OCH3 is 1. The quantitative estimate of drug-likeness (QED) is 0.360. The summed E-state index contributed by atoms with van der Waals surface area (Å²) in [7, 11) is 3.26. The summed E-state index contributed by atoms with van der Waals surface area (Å²) in [6, 6.07) is 11.2. The molecule has 5 rings (SSSR count). The number of thiophene rings is 1. The molecule has 178 valence electrons. The number of halogens is 1. The lowest BCUT2D eigenvalue weighted by Gasteiger charge is -2.11. The lowest BCUT2D eigenvalue weighted by atomic mass is 10.0. The van der Waals surface area contributed by atoms with E-state index in [-0.39, 0.29) is 0 Å². The van der Waals surface area contributed by atoms with Crippen LogP contribution in [-0.2, 0) is 13.5 Å². The van der Waals surface area contributed by atoms with Crippen molar-refractivity contribution in [2.24, 2.45) is 7.05 Å². The van der Waals surface area contributed by atoms with Gasteiger partial charge in [0.1, 0.15) is 16.4 Å². The fourth-order valence-electron chi connectivity index (χ4n) is 4.32. The van der Waals surface area contributed by atoms with Crippen LogP contribution in [0, 0.1) is 12.7 Å². The smallest absolute Gasteiger partial charge is 0.336 e. The Labute approximate surface area is 204 Å². The predicted octanol–water partition coefficient (Wildman–Crippen LogP) is 4.62. The van der Waals surface area contributed by atoms with Crippen LogP contribution >= 0.6 is 11.3 Å². The molecule has 0 saturated heterocycles. The van der Waals surface area contributed by atoms with Crippen LogP contribution in [0.4, 0.5) is 4.39 Å². The zero-order valence-electron chi connectivity index (χ0n) is 19.7. The van der Waals surface area contributed by atoms with Gasteiger partial charge in [-0.25, -0.2) is 18.7 Å². The number of imidazole rings is 1. The maximum absolute atomic E-state index is 13.6. The Morgan fingerprint density at radius 1 is 1.11 bits per heavy atom. The van der Waals surface area contributed by atoms with Gasteiger partial charge in [-0.1, -0.05) is 13.0 Å². The summed E-state index contributed by atoms with van der Waals surface area (Å²) in [6.45, 7) is 3.91. The van der Waals surface area contributed by atoms with E-state index in [2.05, 4.69) is 4.98 Å². The van der Waals surface area contributed by atoms with Gasteiger partial charge in [-0.15, -0.1) is 11.3 Å². The molecule has 0 aliphatic heterocycles. The molecule has 3 heterocycles. The van der Waals surface area contributed by atoms with Crippen molar-refractivity contribution in [1.82, 2.24) is 18.7 Å². The Kier molecular flexibility index (Phi) is 5.64. The van der Waals surface area contributed by atoms with Gasteiger partial charge in [-0.05, 0) is 60.9 Å². The van der Waals surface area contributed by atoms with E-state index in [1.165, 1.54) is 40.2 Å². The highest BCUT2D eigenvalue weighted by Crippen LogP contribution is 2.39. The van der Waals surface area contributed by atoms with E-state index in [1.807, 2.05) is 42.8 Å². The average Bonchev–Trinajstić information content (AvgIpc) is 3.47. The molecule has 0 N–H and O–H groups in total. The van der Waals surface area contributed by atoms with Gasteiger partial charge in [0, 0.05) is 18.1 Å². The Hall–Kier alpha value is -3.98. The van der Waals surface area contributed by atoms with Crippen LogP contribution in [-0.4, -0.2) is 25.8 Å². The molecule has 0 aliphatic rings. The highest BCUT2D eigenvalue weighted by atomic mass is 32.1. The van der Waals surface area contributed by atoms with E-state index in [9.17, 15) is 14.0 Å². The zero-order valence-corrected chi connectivity index (χ0v) is 20.5. The second kappa shape index (κ2) is 8.66. The first-order valence-corrected chi connectivity index (χ1v) is 11.9. The molecule has 7 nitrogen and oxygen atoms in total. The molecule has 0 amide bonds. The van der Waals surface area contributed by atoms with Crippen LogP contribution in [0.5, 0.6) is 5.75 Å². The SMILES string of the molecule is CCc1c(-c2ccc(-n3cnc(C)c3)c(OC)c2)sc2c1c(=O)n(-c1ccc(F)cc1)c(=O)n2C. The summed E-state index contributed by atoms with van der Waals surface area (Å²) < 4.78 is 23.6. The van der Waals surface area contributed by atoms with Crippen molar-refractivity contribution in [2.75, 3.05) is 7.11 Å². The molecule has 0 bridgehead atoms. The number of benzene rings is 2. The number of aryl methyl sites for hydroxylation is 3. The first kappa shape index (κ1) is 22.8. The Morgan fingerprint density at radius 3 is 2.49 bits per heavy atom. The minimum absolute atomic E-state index is 0.329. The van der Waals surface area contributed by atoms with Crippen molar-refractivity contribution in [3.63, 3.8) is 0 Å². The summed E-state index contributed by atoms with van der Waals surface area (Å²) in [6.07, 6.45) is 4.25. The van der Waals surface area contributed by atoms with E-state index >= 15 is 0 Å². The largest absolute Gasteiger partial charge is 0.495 e. The number of hydrogen-bond donors (Lipinski definition) is 0. The summed E-state index contributed by atoms with van der Waals surface area (Å²) in [5.74, 6) is 0.229. The molecule has 0 radical (unpaired) electrons. The van der Waals surface area contributed by atoms with Crippen LogP contribution in [0.25, 0.3) is 32.0 Å². The summed E-state index contributed by atoms with van der Waals surface area (Å²) in [5, 5.41) is 0.493. The van der Waals surface area contributed by atoms with E-state index in [0.29, 0.717) is 28.1 Å². The van der Waals surface area contributed by atoms with Crippen molar-refractivity contribution < 1.29 is 9.13 Å². The van der Waals surface area contributed by atoms with E-state index in [0.717, 1.165) is 32.0 Å². The highest BCUT2D eigenvalue weighted by molar-refractivity contribution is 7.22. The monoisotopic (exact) mass is 490 g/mol. The van der Waals surface area contributed by atoms with Crippen LogP contribution in [0.15, 0.2) is 64.6 Å². The maximum Gasteiger partial charge on any atom is 0.336 e. The summed E-state index contributed by atoms with van der Waals surface area (Å²) >= 11 is 1.40. The third-order valence-electron chi connectivity index (χ3n) is 6.06. The topological polar surface area (TPSA) is 71.1 Å². The number of fused-ring (bicyclic) bond motifs is 1. The van der Waals surface area contributed by atoms with Gasteiger partial charge < -0.3 is 9.30 Å². The van der Waals surface area contributed by atoms with Gasteiger partial charge in [0.05, 0.1) is 35.9 Å². The molecule has 9 heteroatoms. The van der Waals surface area contributed by atoms with Crippen LogP contribution in [0.2, 0.25) is 0 Å². The number of ether oxygens (including phenoxy) is 1. The van der Waals surface area contributed by atoms with Crippen molar-refractivity contribution >= 4 is 21.6 Å². The van der Waals surface area contributed by atoms with Crippen molar-refractivity contribution in [2.45, 2.75) is 20.3 Å². The van der Waals surface area contributed by atoms with Gasteiger partial charge in [0.15, 0.2) is 0 Å².